The van der Waals surface area contributed by atoms with Gasteiger partial charge in [0.05, 0.1) is 30.0 Å². The monoisotopic (exact) mass is 215 g/mol. The van der Waals surface area contributed by atoms with Gasteiger partial charge in [-0.15, -0.1) is 0 Å². The lowest BCUT2D eigenvalue weighted by Gasteiger charge is -2.24. The zero-order valence-electron chi connectivity index (χ0n) is 8.02. The van der Waals surface area contributed by atoms with E-state index in [4.69, 9.17) is 0 Å². The number of aromatic nitrogens is 2. The van der Waals surface area contributed by atoms with Crippen molar-refractivity contribution < 1.29 is 8.42 Å². The van der Waals surface area contributed by atoms with Crippen molar-refractivity contribution in [3.8, 4) is 0 Å². The summed E-state index contributed by atoms with van der Waals surface area (Å²) in [5.41, 5.74) is 1.92. The van der Waals surface area contributed by atoms with Gasteiger partial charge in [-0.25, -0.2) is 13.4 Å². The Balaban J connectivity index is 2.23. The fraction of sp³-hybridized carbons (Fsp3) is 0.625. The second-order valence-corrected chi connectivity index (χ2v) is 5.57. The summed E-state index contributed by atoms with van der Waals surface area (Å²) in [4.78, 5) is 7.09. The Bertz CT molecular complexity index is 424. The van der Waals surface area contributed by atoms with Crippen LogP contribution in [0.4, 0.5) is 0 Å². The largest absolute Gasteiger partial charge is 0.347 e. The molecule has 2 rings (SSSR count). The molecule has 1 N–H and O–H groups in total. The third kappa shape index (κ3) is 1.55. The number of nitrogens with zero attached hydrogens (tertiary/aromatic N) is 2. The van der Waals surface area contributed by atoms with Crippen molar-refractivity contribution in [1.82, 2.24) is 14.3 Å². The molecule has 1 aromatic heterocycles. The van der Waals surface area contributed by atoms with Crippen LogP contribution in [0.3, 0.4) is 0 Å². The van der Waals surface area contributed by atoms with Gasteiger partial charge in [0.1, 0.15) is 0 Å². The molecule has 2 heterocycles. The molecule has 0 amide bonds. The van der Waals surface area contributed by atoms with Crippen molar-refractivity contribution in [3.05, 3.63) is 17.7 Å². The van der Waals surface area contributed by atoms with Gasteiger partial charge in [-0.1, -0.05) is 0 Å². The topological polar surface area (TPSA) is 66.1 Å². The molecular weight excluding hydrogens is 202 g/mol. The number of imidazole rings is 1. The maximum Gasteiger partial charge on any atom is 0.214 e. The van der Waals surface area contributed by atoms with Crippen molar-refractivity contribution in [2.24, 2.45) is 0 Å². The van der Waals surface area contributed by atoms with Gasteiger partial charge in [0.15, 0.2) is 0 Å². The Hall–Kier alpha value is -0.880. The Kier molecular flexibility index (Phi) is 2.32. The van der Waals surface area contributed by atoms with Crippen LogP contribution in [0.15, 0.2) is 6.33 Å². The molecule has 0 atom stereocenters. The number of hydrogen-bond donors (Lipinski definition) is 1. The first-order valence-electron chi connectivity index (χ1n) is 4.62. The molecule has 0 unspecified atom stereocenters. The van der Waals surface area contributed by atoms with Crippen molar-refractivity contribution in [1.29, 1.82) is 0 Å². The third-order valence-corrected chi connectivity index (χ3v) is 4.33. The highest BCUT2D eigenvalue weighted by atomic mass is 32.2. The molecule has 0 spiro atoms. The Morgan fingerprint density at radius 1 is 1.64 bits per heavy atom. The molecule has 5 nitrogen and oxygen atoms in total. The summed E-state index contributed by atoms with van der Waals surface area (Å²) in [5.74, 6) is 0.163. The first-order chi connectivity index (χ1) is 6.63. The fourth-order valence-corrected chi connectivity index (χ4v) is 2.67. The zero-order valence-corrected chi connectivity index (χ0v) is 8.84. The lowest BCUT2D eigenvalue weighted by atomic mass is 10.2. The fourth-order valence-electron chi connectivity index (χ4n) is 1.61. The highest BCUT2D eigenvalue weighted by Crippen LogP contribution is 2.17. The molecule has 0 bridgehead atoms. The Labute approximate surface area is 83.2 Å². The highest BCUT2D eigenvalue weighted by Gasteiger charge is 2.26. The van der Waals surface area contributed by atoms with E-state index in [0.717, 1.165) is 11.4 Å². The summed E-state index contributed by atoms with van der Waals surface area (Å²) in [5, 5.41) is 0. The molecule has 1 aliphatic rings. The van der Waals surface area contributed by atoms with E-state index in [2.05, 4.69) is 9.97 Å². The smallest absolute Gasteiger partial charge is 0.214 e. The molecular formula is C8H13N3O2S. The Morgan fingerprint density at radius 3 is 3.14 bits per heavy atom. The van der Waals surface area contributed by atoms with Crippen molar-refractivity contribution in [3.63, 3.8) is 0 Å². The minimum absolute atomic E-state index is 0.163. The SMILES string of the molecule is CCS(=O)(=O)N1CCc2nc[nH]c2C1. The van der Waals surface area contributed by atoms with Crippen LogP contribution in [0, 0.1) is 0 Å². The van der Waals surface area contributed by atoms with E-state index in [-0.39, 0.29) is 5.75 Å². The lowest BCUT2D eigenvalue weighted by Crippen LogP contribution is -2.36. The van der Waals surface area contributed by atoms with Crippen LogP contribution in [0.5, 0.6) is 0 Å². The van der Waals surface area contributed by atoms with Crippen LogP contribution in [0.2, 0.25) is 0 Å². The quantitative estimate of drug-likeness (QED) is 0.762. The molecule has 1 aromatic rings. The van der Waals surface area contributed by atoms with E-state index in [1.54, 1.807) is 13.3 Å². The molecule has 0 radical (unpaired) electrons. The van der Waals surface area contributed by atoms with E-state index >= 15 is 0 Å². The number of rotatable bonds is 2. The average Bonchev–Trinajstić information content (AvgIpc) is 2.64. The maximum atomic E-state index is 11.6. The normalized spacial score (nSPS) is 18.1. The van der Waals surface area contributed by atoms with Gasteiger partial charge in [-0.2, -0.15) is 4.31 Å². The summed E-state index contributed by atoms with van der Waals surface area (Å²) in [6.45, 7) is 2.65. The molecule has 0 aliphatic carbocycles. The predicted molar refractivity (Wildman–Crippen MR) is 52.2 cm³/mol. The first-order valence-corrected chi connectivity index (χ1v) is 6.23. The van der Waals surface area contributed by atoms with Gasteiger partial charge in [-0.3, -0.25) is 0 Å². The van der Waals surface area contributed by atoms with E-state index in [1.807, 2.05) is 0 Å². The number of aromatic amines is 1. The van der Waals surface area contributed by atoms with E-state index in [0.29, 0.717) is 19.5 Å². The minimum atomic E-state index is -3.06. The Morgan fingerprint density at radius 2 is 2.43 bits per heavy atom. The van der Waals surface area contributed by atoms with Crippen LogP contribution in [0.1, 0.15) is 18.3 Å². The molecule has 14 heavy (non-hydrogen) atoms. The van der Waals surface area contributed by atoms with Crippen LogP contribution in [-0.2, 0) is 23.0 Å². The van der Waals surface area contributed by atoms with Crippen LogP contribution in [0.25, 0.3) is 0 Å². The highest BCUT2D eigenvalue weighted by molar-refractivity contribution is 7.89. The summed E-state index contributed by atoms with van der Waals surface area (Å²) in [7, 11) is -3.06. The molecule has 0 aromatic carbocycles. The standard InChI is InChI=1S/C8H13N3O2S/c1-2-14(12,13)11-4-3-7-8(5-11)10-6-9-7/h6H,2-5H2,1H3,(H,9,10). The van der Waals surface area contributed by atoms with Gasteiger partial charge < -0.3 is 4.98 Å². The molecule has 0 saturated heterocycles. The molecule has 0 fully saturated rings. The molecule has 78 valence electrons. The lowest BCUT2D eigenvalue weighted by molar-refractivity contribution is 0.386. The van der Waals surface area contributed by atoms with Gasteiger partial charge in [-0.05, 0) is 6.92 Å². The predicted octanol–water partition coefficient (Wildman–Crippen LogP) is 0.117. The number of nitrogens with one attached hydrogen (secondary N) is 1. The number of sulfonamides is 1. The molecule has 0 saturated carbocycles. The second kappa shape index (κ2) is 3.36. The van der Waals surface area contributed by atoms with E-state index < -0.39 is 10.0 Å². The number of hydrogen-bond acceptors (Lipinski definition) is 3. The summed E-state index contributed by atoms with van der Waals surface area (Å²) >= 11 is 0. The van der Waals surface area contributed by atoms with Gasteiger partial charge >= 0.3 is 0 Å². The minimum Gasteiger partial charge on any atom is -0.347 e. The second-order valence-electron chi connectivity index (χ2n) is 3.31. The number of fused-ring (bicyclic) bond motifs is 1. The average molecular weight is 215 g/mol. The van der Waals surface area contributed by atoms with Crippen molar-refractivity contribution in [2.45, 2.75) is 19.9 Å². The first kappa shape index (κ1) is 9.67. The summed E-state index contributed by atoms with van der Waals surface area (Å²) < 4.78 is 24.7. The van der Waals surface area contributed by atoms with Crippen LogP contribution in [-0.4, -0.2) is 35.0 Å². The van der Waals surface area contributed by atoms with Crippen molar-refractivity contribution >= 4 is 10.0 Å². The molecule has 1 aliphatic heterocycles. The van der Waals surface area contributed by atoms with Gasteiger partial charge in [0.25, 0.3) is 0 Å². The van der Waals surface area contributed by atoms with E-state index in [9.17, 15) is 8.42 Å². The van der Waals surface area contributed by atoms with E-state index in [1.165, 1.54) is 4.31 Å². The van der Waals surface area contributed by atoms with Gasteiger partial charge in [0, 0.05) is 13.0 Å². The summed E-state index contributed by atoms with van der Waals surface area (Å²) in [6, 6.07) is 0. The maximum absolute atomic E-state index is 11.6. The zero-order chi connectivity index (χ0) is 10.2. The van der Waals surface area contributed by atoms with Crippen molar-refractivity contribution in [2.75, 3.05) is 12.3 Å². The summed E-state index contributed by atoms with van der Waals surface area (Å²) in [6.07, 6.45) is 2.32. The van der Waals surface area contributed by atoms with Crippen LogP contribution < -0.4 is 0 Å². The third-order valence-electron chi connectivity index (χ3n) is 2.50. The van der Waals surface area contributed by atoms with Crippen LogP contribution >= 0.6 is 0 Å². The number of H-pyrrole nitrogens is 1. The molecule has 6 heteroatoms. The van der Waals surface area contributed by atoms with Gasteiger partial charge in [0.2, 0.25) is 10.0 Å².